The van der Waals surface area contributed by atoms with Crippen LogP contribution in [-0.2, 0) is 25.5 Å². The fourth-order valence-electron chi connectivity index (χ4n) is 4.44. The van der Waals surface area contributed by atoms with Gasteiger partial charge in [-0.25, -0.2) is 4.79 Å². The highest BCUT2D eigenvalue weighted by atomic mass is 16.5. The Hall–Kier alpha value is -3.58. The number of carbonyl (C=O) groups excluding carboxylic acids is 2. The van der Waals surface area contributed by atoms with Crippen LogP contribution in [0.15, 0.2) is 61.2 Å². The van der Waals surface area contributed by atoms with Gasteiger partial charge in [-0.1, -0.05) is 30.7 Å². The van der Waals surface area contributed by atoms with E-state index in [-0.39, 0.29) is 24.6 Å². The monoisotopic (exact) mass is 520 g/mol. The van der Waals surface area contributed by atoms with Gasteiger partial charge in [0.05, 0.1) is 18.6 Å². The predicted octanol–water partition coefficient (Wildman–Crippen LogP) is 5.88. The number of rotatable bonds is 14. The molecule has 7 nitrogen and oxygen atoms in total. The fourth-order valence-corrected chi connectivity index (χ4v) is 4.44. The Morgan fingerprint density at radius 2 is 1.71 bits per heavy atom. The number of allylic oxidation sites excluding steroid dienone is 1. The molecule has 4 N–H and O–H groups in total. The molecule has 0 heterocycles. The highest BCUT2D eigenvalue weighted by Gasteiger charge is 2.28. The molecular formula is C31H40N2O5. The summed E-state index contributed by atoms with van der Waals surface area (Å²) in [5.74, 6) is -0.239. The number of unbranched alkanes of at least 4 members (excludes halogenated alkanes) is 3. The molecule has 0 atom stereocenters. The van der Waals surface area contributed by atoms with Gasteiger partial charge >= 0.3 is 11.9 Å². The Bertz CT molecular complexity index is 1070. The van der Waals surface area contributed by atoms with E-state index in [1.54, 1.807) is 42.5 Å². The van der Waals surface area contributed by atoms with Gasteiger partial charge in [0.1, 0.15) is 5.75 Å². The van der Waals surface area contributed by atoms with Crippen molar-refractivity contribution in [3.8, 4) is 5.75 Å². The number of nitrogen functional groups attached to an aromatic ring is 2. The highest BCUT2D eigenvalue weighted by molar-refractivity contribution is 5.87. The van der Waals surface area contributed by atoms with Crippen LogP contribution in [0.5, 0.6) is 5.75 Å². The van der Waals surface area contributed by atoms with Gasteiger partial charge in [0.2, 0.25) is 0 Å². The van der Waals surface area contributed by atoms with Gasteiger partial charge < -0.3 is 25.7 Å². The van der Waals surface area contributed by atoms with Crippen LogP contribution < -0.4 is 16.2 Å². The van der Waals surface area contributed by atoms with Crippen molar-refractivity contribution >= 4 is 29.4 Å². The molecule has 1 aliphatic carbocycles. The maximum absolute atomic E-state index is 12.6. The number of anilines is 2. The van der Waals surface area contributed by atoms with Crippen molar-refractivity contribution in [2.75, 3.05) is 24.7 Å². The number of nitrogens with two attached hydrogens (primary N) is 2. The van der Waals surface area contributed by atoms with Gasteiger partial charge in [-0.2, -0.15) is 0 Å². The molecule has 0 aromatic heterocycles. The maximum Gasteiger partial charge on any atom is 0.330 e. The van der Waals surface area contributed by atoms with E-state index in [9.17, 15) is 9.59 Å². The van der Waals surface area contributed by atoms with Crippen LogP contribution in [0.4, 0.5) is 11.4 Å². The second kappa shape index (κ2) is 15.6. The highest BCUT2D eigenvalue weighted by Crippen LogP contribution is 2.28. The van der Waals surface area contributed by atoms with E-state index in [2.05, 4.69) is 6.58 Å². The molecule has 0 spiro atoms. The van der Waals surface area contributed by atoms with Crippen molar-refractivity contribution in [2.45, 2.75) is 63.9 Å². The number of ether oxygens (including phenoxy) is 3. The summed E-state index contributed by atoms with van der Waals surface area (Å²) in [5.41, 5.74) is 14.5. The normalized spacial score (nSPS) is 17.3. The molecule has 1 aliphatic rings. The zero-order valence-electron chi connectivity index (χ0n) is 22.1. The van der Waals surface area contributed by atoms with Gasteiger partial charge in [-0.05, 0) is 86.4 Å². The number of hydrogen-bond acceptors (Lipinski definition) is 7. The Kier molecular flexibility index (Phi) is 11.9. The molecule has 0 bridgehead atoms. The van der Waals surface area contributed by atoms with Crippen LogP contribution in [0.2, 0.25) is 0 Å². The Morgan fingerprint density at radius 3 is 2.42 bits per heavy atom. The van der Waals surface area contributed by atoms with Gasteiger partial charge in [-0.15, -0.1) is 6.58 Å². The molecule has 3 rings (SSSR count). The first-order valence-corrected chi connectivity index (χ1v) is 13.5. The number of esters is 2. The third-order valence-corrected chi connectivity index (χ3v) is 6.71. The average molecular weight is 521 g/mol. The van der Waals surface area contributed by atoms with Crippen molar-refractivity contribution < 1.29 is 23.8 Å². The van der Waals surface area contributed by atoms with Crippen LogP contribution in [0.1, 0.15) is 62.5 Å². The number of hydrogen-bond donors (Lipinski definition) is 2. The molecule has 1 fully saturated rings. The van der Waals surface area contributed by atoms with Crippen LogP contribution in [0.25, 0.3) is 6.08 Å². The van der Waals surface area contributed by atoms with Crippen LogP contribution >= 0.6 is 0 Å². The summed E-state index contributed by atoms with van der Waals surface area (Å²) in [6, 6.07) is 12.3. The molecule has 0 unspecified atom stereocenters. The topological polar surface area (TPSA) is 114 Å². The zero-order chi connectivity index (χ0) is 27.2. The van der Waals surface area contributed by atoms with E-state index in [1.165, 1.54) is 6.08 Å². The molecule has 1 saturated carbocycles. The summed E-state index contributed by atoms with van der Waals surface area (Å²) in [4.78, 5) is 24.6. The van der Waals surface area contributed by atoms with Gasteiger partial charge in [-0.3, -0.25) is 4.79 Å². The first-order chi connectivity index (χ1) is 18.4. The fraction of sp³-hybridized carbons (Fsp3) is 0.419. The van der Waals surface area contributed by atoms with E-state index >= 15 is 0 Å². The van der Waals surface area contributed by atoms with Crippen LogP contribution in [0.3, 0.4) is 0 Å². The van der Waals surface area contributed by atoms with Gasteiger partial charge in [0.25, 0.3) is 0 Å². The number of carbonyl (C=O) groups is 2. The quantitative estimate of drug-likeness (QED) is 0.0799. The molecule has 0 saturated heterocycles. The lowest BCUT2D eigenvalue weighted by Crippen LogP contribution is -2.29. The Balaban J connectivity index is 1.33. The third-order valence-electron chi connectivity index (χ3n) is 6.71. The predicted molar refractivity (Wildman–Crippen MR) is 151 cm³/mol. The molecule has 0 aliphatic heterocycles. The molecule has 7 heteroatoms. The minimum Gasteiger partial charge on any atom is -0.462 e. The Morgan fingerprint density at radius 1 is 0.947 bits per heavy atom. The van der Waals surface area contributed by atoms with Crippen molar-refractivity contribution in [1.29, 1.82) is 0 Å². The first-order valence-electron chi connectivity index (χ1n) is 13.5. The third kappa shape index (κ3) is 10.1. The van der Waals surface area contributed by atoms with Gasteiger partial charge in [0, 0.05) is 30.5 Å². The lowest BCUT2D eigenvalue weighted by molar-refractivity contribution is -0.141. The molecule has 0 amide bonds. The minimum absolute atomic E-state index is 0.0969. The first kappa shape index (κ1) is 29.0. The van der Waals surface area contributed by atoms with Crippen molar-refractivity contribution in [2.24, 2.45) is 5.92 Å². The van der Waals surface area contributed by atoms with E-state index in [1.807, 2.05) is 12.1 Å². The van der Waals surface area contributed by atoms with Crippen molar-refractivity contribution in [3.05, 3.63) is 72.3 Å². The van der Waals surface area contributed by atoms with Crippen molar-refractivity contribution in [3.63, 3.8) is 0 Å². The zero-order valence-corrected chi connectivity index (χ0v) is 22.1. The molecule has 2 aromatic carbocycles. The molecule has 204 valence electrons. The molecule has 0 radical (unpaired) electrons. The summed E-state index contributed by atoms with van der Waals surface area (Å²) in [7, 11) is 0. The molecule has 2 aromatic rings. The molecular weight excluding hydrogens is 480 g/mol. The van der Waals surface area contributed by atoms with E-state index in [0.717, 1.165) is 69.1 Å². The lowest BCUT2D eigenvalue weighted by Gasteiger charge is -2.27. The summed E-state index contributed by atoms with van der Waals surface area (Å²) in [5, 5.41) is 0. The van der Waals surface area contributed by atoms with Crippen LogP contribution in [-0.4, -0.2) is 31.3 Å². The number of benzene rings is 2. The van der Waals surface area contributed by atoms with Crippen LogP contribution in [0, 0.1) is 5.92 Å². The standard InChI is InChI=1S/C31H40N2O5/c1-2-3-4-5-6-20-36-27-16-11-25(12-17-27)31(35)38-28-14-7-23(8-15-28)9-18-30(34)37-21-19-24-10-13-26(32)22-29(24)33/h2,7-10,13-15,18,22,25,27H,1,3-6,11-12,16-17,19-21,32-33H2. The average Bonchev–Trinajstić information content (AvgIpc) is 2.92. The minimum atomic E-state index is -0.443. The second-order valence-corrected chi connectivity index (χ2v) is 9.68. The smallest absolute Gasteiger partial charge is 0.330 e. The summed E-state index contributed by atoms with van der Waals surface area (Å²) < 4.78 is 16.8. The van der Waals surface area contributed by atoms with E-state index < -0.39 is 5.97 Å². The summed E-state index contributed by atoms with van der Waals surface area (Å²) in [6.45, 7) is 4.75. The largest absolute Gasteiger partial charge is 0.462 e. The second-order valence-electron chi connectivity index (χ2n) is 9.68. The van der Waals surface area contributed by atoms with Crippen molar-refractivity contribution in [1.82, 2.24) is 0 Å². The van der Waals surface area contributed by atoms with E-state index in [4.69, 9.17) is 25.7 Å². The molecule has 38 heavy (non-hydrogen) atoms. The Labute approximate surface area is 225 Å². The van der Waals surface area contributed by atoms with E-state index in [0.29, 0.717) is 23.5 Å². The lowest BCUT2D eigenvalue weighted by atomic mass is 9.87. The summed E-state index contributed by atoms with van der Waals surface area (Å²) >= 11 is 0. The van der Waals surface area contributed by atoms with Gasteiger partial charge in [0.15, 0.2) is 0 Å². The SMILES string of the molecule is C=CCCCCCOC1CCC(C(=O)Oc2ccc(C=CC(=O)OCCc3ccc(N)cc3N)cc2)CC1. The summed E-state index contributed by atoms with van der Waals surface area (Å²) in [6.07, 6.45) is 13.5. The maximum atomic E-state index is 12.6.